The summed E-state index contributed by atoms with van der Waals surface area (Å²) in [7, 11) is 0. The van der Waals surface area contributed by atoms with Gasteiger partial charge in [0.05, 0.1) is 5.56 Å². The zero-order valence-electron chi connectivity index (χ0n) is 15.8. The predicted octanol–water partition coefficient (Wildman–Crippen LogP) is 0.899. The highest BCUT2D eigenvalue weighted by molar-refractivity contribution is 5.89. The van der Waals surface area contributed by atoms with Crippen molar-refractivity contribution in [2.75, 3.05) is 6.61 Å². The molecule has 15 heteroatoms. The molecule has 1 fully saturated rings. The Balaban J connectivity index is 1.91. The van der Waals surface area contributed by atoms with Crippen LogP contribution in [0.3, 0.4) is 0 Å². The van der Waals surface area contributed by atoms with Crippen LogP contribution in [-0.2, 0) is 25.6 Å². The molecule has 1 saturated heterocycles. The minimum absolute atomic E-state index is 0.206. The van der Waals surface area contributed by atoms with E-state index in [0.29, 0.717) is 0 Å². The standard InChI is InChI=1S/C17H15F3N4O8/c18-17(19,20)9-4-1-8(2-5-9)3-6-11-22-15(14(21)25)24(23-11)16-13(32-28)12(31-27)10(30-16)7-29-26/h1-2,4-5,10,12-13,16,26-28H,7H2,(H2,21,25)/t10-,12-,13-,16-/m1/s1. The summed E-state index contributed by atoms with van der Waals surface area (Å²) in [5.74, 6) is 3.20. The minimum Gasteiger partial charge on any atom is -0.363 e. The molecular weight excluding hydrogens is 445 g/mol. The molecule has 172 valence electrons. The lowest BCUT2D eigenvalue weighted by molar-refractivity contribution is -0.357. The van der Waals surface area contributed by atoms with Crippen molar-refractivity contribution in [2.45, 2.75) is 30.7 Å². The van der Waals surface area contributed by atoms with Crippen molar-refractivity contribution < 1.29 is 53.1 Å². The Bertz CT molecular complexity index is 1020. The summed E-state index contributed by atoms with van der Waals surface area (Å²) in [5, 5.41) is 30.8. The van der Waals surface area contributed by atoms with E-state index in [1.54, 1.807) is 0 Å². The van der Waals surface area contributed by atoms with Gasteiger partial charge in [-0.3, -0.25) is 20.6 Å². The van der Waals surface area contributed by atoms with Crippen molar-refractivity contribution in [3.63, 3.8) is 0 Å². The molecule has 0 radical (unpaired) electrons. The normalized spacial score (nSPS) is 23.1. The van der Waals surface area contributed by atoms with Crippen LogP contribution in [0.25, 0.3) is 0 Å². The number of amides is 1. The van der Waals surface area contributed by atoms with E-state index in [1.165, 1.54) is 0 Å². The molecule has 32 heavy (non-hydrogen) atoms. The second-order valence-electron chi connectivity index (χ2n) is 6.39. The third-order valence-corrected chi connectivity index (χ3v) is 4.39. The molecule has 1 amide bonds. The average molecular weight is 460 g/mol. The van der Waals surface area contributed by atoms with Crippen LogP contribution >= 0.6 is 0 Å². The monoisotopic (exact) mass is 460 g/mol. The van der Waals surface area contributed by atoms with E-state index in [9.17, 15) is 23.2 Å². The number of aromatic nitrogens is 3. The molecule has 0 saturated carbocycles. The molecule has 0 bridgehead atoms. The van der Waals surface area contributed by atoms with Crippen LogP contribution in [0.15, 0.2) is 24.3 Å². The number of rotatable bonds is 6. The first kappa shape index (κ1) is 23.6. The smallest absolute Gasteiger partial charge is 0.363 e. The predicted molar refractivity (Wildman–Crippen MR) is 93.5 cm³/mol. The van der Waals surface area contributed by atoms with Crippen LogP contribution in [0.5, 0.6) is 0 Å². The van der Waals surface area contributed by atoms with Crippen molar-refractivity contribution >= 4 is 5.91 Å². The summed E-state index contributed by atoms with van der Waals surface area (Å²) in [6, 6.07) is 3.97. The molecule has 12 nitrogen and oxygen atoms in total. The number of hydrogen-bond donors (Lipinski definition) is 4. The van der Waals surface area contributed by atoms with Gasteiger partial charge < -0.3 is 10.5 Å². The maximum atomic E-state index is 12.6. The van der Waals surface area contributed by atoms with Crippen LogP contribution in [0, 0.1) is 11.8 Å². The Morgan fingerprint density at radius 1 is 1.16 bits per heavy atom. The van der Waals surface area contributed by atoms with Gasteiger partial charge in [0.2, 0.25) is 11.6 Å². The van der Waals surface area contributed by atoms with Crippen molar-refractivity contribution in [1.82, 2.24) is 14.8 Å². The lowest BCUT2D eigenvalue weighted by atomic mass is 10.1. The third kappa shape index (κ3) is 4.87. The van der Waals surface area contributed by atoms with Crippen LogP contribution in [0.2, 0.25) is 0 Å². The van der Waals surface area contributed by atoms with Crippen LogP contribution in [0.1, 0.15) is 33.8 Å². The lowest BCUT2D eigenvalue weighted by Gasteiger charge is -2.18. The van der Waals surface area contributed by atoms with E-state index in [1.807, 2.05) is 0 Å². The zero-order valence-corrected chi connectivity index (χ0v) is 15.8. The second-order valence-corrected chi connectivity index (χ2v) is 6.39. The largest absolute Gasteiger partial charge is 0.416 e. The van der Waals surface area contributed by atoms with Gasteiger partial charge in [0.15, 0.2) is 18.4 Å². The number of nitrogens with two attached hydrogens (primary N) is 1. The maximum absolute atomic E-state index is 12.6. The topological polar surface area (TPSA) is 171 Å². The molecular formula is C17H15F3N4O8. The van der Waals surface area contributed by atoms with E-state index in [2.05, 4.69) is 36.6 Å². The van der Waals surface area contributed by atoms with Gasteiger partial charge in [-0.25, -0.2) is 19.3 Å². The van der Waals surface area contributed by atoms with Gasteiger partial charge in [0.1, 0.15) is 12.7 Å². The molecule has 3 rings (SSSR count). The number of ether oxygens (including phenoxy) is 1. The number of carbonyl (C=O) groups excluding carboxylic acids is 1. The highest BCUT2D eigenvalue weighted by Gasteiger charge is 2.50. The molecule has 1 aliphatic heterocycles. The molecule has 0 aliphatic carbocycles. The lowest BCUT2D eigenvalue weighted by Crippen LogP contribution is -2.37. The maximum Gasteiger partial charge on any atom is 0.416 e. The van der Waals surface area contributed by atoms with Gasteiger partial charge >= 0.3 is 6.18 Å². The number of alkyl halides is 3. The van der Waals surface area contributed by atoms with Crippen molar-refractivity contribution in [2.24, 2.45) is 5.73 Å². The van der Waals surface area contributed by atoms with Crippen LogP contribution < -0.4 is 5.73 Å². The number of hydrogen-bond acceptors (Lipinski definition) is 10. The Morgan fingerprint density at radius 3 is 2.34 bits per heavy atom. The summed E-state index contributed by atoms with van der Waals surface area (Å²) in [4.78, 5) is 28.0. The minimum atomic E-state index is -4.50. The van der Waals surface area contributed by atoms with Gasteiger partial charge in [-0.2, -0.15) is 18.2 Å². The fourth-order valence-electron chi connectivity index (χ4n) is 2.94. The van der Waals surface area contributed by atoms with Gasteiger partial charge in [-0.15, -0.1) is 5.10 Å². The highest BCUT2D eigenvalue weighted by atomic mass is 19.4. The summed E-state index contributed by atoms with van der Waals surface area (Å²) in [5.41, 5.74) is 4.64. The first-order valence-electron chi connectivity index (χ1n) is 8.67. The van der Waals surface area contributed by atoms with E-state index >= 15 is 0 Å². The first-order chi connectivity index (χ1) is 15.2. The second kappa shape index (κ2) is 9.58. The van der Waals surface area contributed by atoms with Crippen molar-refractivity contribution in [3.05, 3.63) is 47.0 Å². The molecule has 2 aromatic rings. The summed E-state index contributed by atoms with van der Waals surface area (Å²) in [6.45, 7) is -0.511. The average Bonchev–Trinajstić information content (AvgIpc) is 3.33. The highest BCUT2D eigenvalue weighted by Crippen LogP contribution is 2.33. The van der Waals surface area contributed by atoms with Gasteiger partial charge in [-0.1, -0.05) is 5.92 Å². The quantitative estimate of drug-likeness (QED) is 0.276. The number of primary amides is 1. The third-order valence-electron chi connectivity index (χ3n) is 4.39. The van der Waals surface area contributed by atoms with E-state index in [-0.39, 0.29) is 11.4 Å². The summed E-state index contributed by atoms with van der Waals surface area (Å²) < 4.78 is 44.2. The molecule has 1 aromatic carbocycles. The Labute approximate surface area is 176 Å². The number of carbonyl (C=O) groups is 1. The first-order valence-corrected chi connectivity index (χ1v) is 8.67. The summed E-state index contributed by atoms with van der Waals surface area (Å²) >= 11 is 0. The SMILES string of the molecule is NC(=O)c1nc(C#Cc2ccc(C(F)(F)F)cc2)nn1[C@@H]1O[C@H](COO)[C@@H](OO)[C@H]1OO. The molecule has 5 N–H and O–H groups in total. The van der Waals surface area contributed by atoms with Crippen LogP contribution in [-0.4, -0.2) is 61.4 Å². The fourth-order valence-corrected chi connectivity index (χ4v) is 2.94. The molecule has 2 heterocycles. The van der Waals surface area contributed by atoms with Gasteiger partial charge in [-0.05, 0) is 30.2 Å². The van der Waals surface area contributed by atoms with Gasteiger partial charge in [0, 0.05) is 5.56 Å². The van der Waals surface area contributed by atoms with E-state index in [4.69, 9.17) is 21.0 Å². The van der Waals surface area contributed by atoms with E-state index < -0.39 is 54.6 Å². The van der Waals surface area contributed by atoms with Crippen molar-refractivity contribution in [3.8, 4) is 11.8 Å². The molecule has 0 spiro atoms. The van der Waals surface area contributed by atoms with Crippen molar-refractivity contribution in [1.29, 1.82) is 0 Å². The molecule has 1 aromatic heterocycles. The number of benzene rings is 1. The fraction of sp³-hybridized carbons (Fsp3) is 0.353. The Kier molecular flexibility index (Phi) is 7.06. The van der Waals surface area contributed by atoms with Crippen LogP contribution in [0.4, 0.5) is 13.2 Å². The molecule has 0 unspecified atom stereocenters. The number of halogens is 3. The molecule has 1 aliphatic rings. The Hall–Kier alpha value is -3.10. The van der Waals surface area contributed by atoms with Gasteiger partial charge in [0.25, 0.3) is 5.91 Å². The van der Waals surface area contributed by atoms with E-state index in [0.717, 1.165) is 28.9 Å². The summed E-state index contributed by atoms with van der Waals surface area (Å²) in [6.07, 6.45) is -9.92. The number of nitrogens with zero attached hydrogens (tertiary/aromatic N) is 3. The zero-order chi connectivity index (χ0) is 23.5. The molecule has 4 atom stereocenters. The Morgan fingerprint density at radius 2 is 1.81 bits per heavy atom.